The Bertz CT molecular complexity index is 524. The summed E-state index contributed by atoms with van der Waals surface area (Å²) in [6.07, 6.45) is 3.02. The molecule has 3 rings (SSSR count). The number of nitrogens with zero attached hydrogens (tertiary/aromatic N) is 2. The maximum Gasteiger partial charge on any atom is 0.236 e. The van der Waals surface area contributed by atoms with Crippen LogP contribution in [0.25, 0.3) is 0 Å². The maximum atomic E-state index is 11.8. The molecule has 5 nitrogen and oxygen atoms in total. The maximum absolute atomic E-state index is 11.8. The lowest BCUT2D eigenvalue weighted by atomic mass is 9.88. The minimum absolute atomic E-state index is 0.0584. The molecule has 0 radical (unpaired) electrons. The number of carbonyl (C=O) groups excluding carboxylic acids is 1. The van der Waals surface area contributed by atoms with Gasteiger partial charge in [0.05, 0.1) is 18.8 Å². The van der Waals surface area contributed by atoms with Gasteiger partial charge in [0.25, 0.3) is 0 Å². The second-order valence-corrected chi connectivity index (χ2v) is 6.82. The van der Waals surface area contributed by atoms with Crippen LogP contribution >= 0.6 is 0 Å². The predicted molar refractivity (Wildman–Crippen MR) is 88.5 cm³/mol. The molecule has 0 aliphatic carbocycles. The van der Waals surface area contributed by atoms with E-state index in [0.717, 1.165) is 38.1 Å². The average molecular weight is 318 g/mol. The predicted octanol–water partition coefficient (Wildman–Crippen LogP) is 1.78. The third-order valence-electron chi connectivity index (χ3n) is 4.85. The van der Waals surface area contributed by atoms with E-state index in [1.54, 1.807) is 19.0 Å². The Kier molecular flexibility index (Phi) is 4.87. The first-order valence-corrected chi connectivity index (χ1v) is 8.34. The van der Waals surface area contributed by atoms with Crippen LogP contribution in [-0.2, 0) is 9.53 Å². The van der Waals surface area contributed by atoms with E-state index in [1.165, 1.54) is 0 Å². The van der Waals surface area contributed by atoms with E-state index < -0.39 is 0 Å². The molecule has 2 heterocycles. The lowest BCUT2D eigenvalue weighted by Crippen LogP contribution is -2.47. The van der Waals surface area contributed by atoms with Gasteiger partial charge in [-0.05, 0) is 25.0 Å². The number of piperidine rings is 1. The van der Waals surface area contributed by atoms with Crippen LogP contribution in [-0.4, -0.2) is 67.7 Å². The highest BCUT2D eigenvalue weighted by atomic mass is 16.6. The van der Waals surface area contributed by atoms with E-state index in [2.05, 4.69) is 4.90 Å². The van der Waals surface area contributed by atoms with E-state index in [-0.39, 0.29) is 17.6 Å². The van der Waals surface area contributed by atoms with Gasteiger partial charge in [0.2, 0.25) is 5.91 Å². The fourth-order valence-corrected chi connectivity index (χ4v) is 3.37. The number of para-hydroxylation sites is 1. The quantitative estimate of drug-likeness (QED) is 0.849. The summed E-state index contributed by atoms with van der Waals surface area (Å²) < 4.78 is 12.1. The summed E-state index contributed by atoms with van der Waals surface area (Å²) in [5, 5.41) is 0. The third-order valence-corrected chi connectivity index (χ3v) is 4.85. The van der Waals surface area contributed by atoms with Gasteiger partial charge in [-0.1, -0.05) is 18.2 Å². The molecular weight excluding hydrogens is 292 g/mol. The van der Waals surface area contributed by atoms with Gasteiger partial charge in [0.1, 0.15) is 11.9 Å². The van der Waals surface area contributed by atoms with Crippen molar-refractivity contribution in [3.05, 3.63) is 30.3 Å². The summed E-state index contributed by atoms with van der Waals surface area (Å²) in [5.74, 6) is 1.07. The van der Waals surface area contributed by atoms with Crippen LogP contribution in [0.1, 0.15) is 19.3 Å². The van der Waals surface area contributed by atoms with Crippen molar-refractivity contribution in [3.8, 4) is 5.75 Å². The summed E-state index contributed by atoms with van der Waals surface area (Å²) in [5.41, 5.74) is -0.0584. The van der Waals surface area contributed by atoms with Crippen molar-refractivity contribution in [2.45, 2.75) is 31.0 Å². The molecule has 2 fully saturated rings. The Morgan fingerprint density at radius 3 is 2.65 bits per heavy atom. The summed E-state index contributed by atoms with van der Waals surface area (Å²) in [7, 11) is 3.61. The van der Waals surface area contributed by atoms with Gasteiger partial charge in [-0.3, -0.25) is 9.69 Å². The van der Waals surface area contributed by atoms with Crippen LogP contribution in [0.15, 0.2) is 30.3 Å². The van der Waals surface area contributed by atoms with Gasteiger partial charge in [-0.25, -0.2) is 0 Å². The average Bonchev–Trinajstić information content (AvgIpc) is 2.93. The van der Waals surface area contributed by atoms with Gasteiger partial charge in [-0.15, -0.1) is 0 Å². The Labute approximate surface area is 138 Å². The minimum atomic E-state index is -0.0584. The van der Waals surface area contributed by atoms with Crippen LogP contribution in [0.4, 0.5) is 0 Å². The summed E-state index contributed by atoms with van der Waals surface area (Å²) in [6, 6.07) is 9.94. The third kappa shape index (κ3) is 4.03. The van der Waals surface area contributed by atoms with Crippen LogP contribution < -0.4 is 4.74 Å². The molecular formula is C18H26N2O3. The molecule has 1 aromatic carbocycles. The second kappa shape index (κ2) is 6.89. The molecule has 1 atom stereocenters. The molecule has 23 heavy (non-hydrogen) atoms. The zero-order valence-corrected chi connectivity index (χ0v) is 14.0. The SMILES string of the molecule is CN(C)C(=O)CN1CCC2(CC1)C[C@@H](Oc1ccccc1)CO2. The molecule has 0 N–H and O–H groups in total. The van der Waals surface area contributed by atoms with Crippen molar-refractivity contribution in [1.29, 1.82) is 0 Å². The standard InChI is InChI=1S/C18H26N2O3/c1-19(2)17(21)13-20-10-8-18(9-11-20)12-16(14-22-18)23-15-6-4-3-5-7-15/h3-7,16H,8-14H2,1-2H3/t16-/m1/s1. The van der Waals surface area contributed by atoms with E-state index in [4.69, 9.17) is 9.47 Å². The smallest absolute Gasteiger partial charge is 0.236 e. The number of carbonyl (C=O) groups is 1. The van der Waals surface area contributed by atoms with E-state index >= 15 is 0 Å². The van der Waals surface area contributed by atoms with Crippen LogP contribution in [0.3, 0.4) is 0 Å². The van der Waals surface area contributed by atoms with Gasteiger partial charge in [0, 0.05) is 33.6 Å². The second-order valence-electron chi connectivity index (χ2n) is 6.82. The summed E-state index contributed by atoms with van der Waals surface area (Å²) in [4.78, 5) is 15.7. The number of ether oxygens (including phenoxy) is 2. The molecule has 2 saturated heterocycles. The zero-order chi connectivity index (χ0) is 16.3. The Hall–Kier alpha value is -1.59. The lowest BCUT2D eigenvalue weighted by molar-refractivity contribution is -0.131. The van der Waals surface area contributed by atoms with Gasteiger partial charge in [0.15, 0.2) is 0 Å². The summed E-state index contributed by atoms with van der Waals surface area (Å²) in [6.45, 7) is 2.99. The Balaban J connectivity index is 1.48. The van der Waals surface area contributed by atoms with Crippen molar-refractivity contribution in [2.24, 2.45) is 0 Å². The molecule has 2 aliphatic rings. The van der Waals surface area contributed by atoms with E-state index in [0.29, 0.717) is 13.2 Å². The number of likely N-dealkylation sites (tertiary alicyclic amines) is 1. The molecule has 0 bridgehead atoms. The number of likely N-dealkylation sites (N-methyl/N-ethyl adjacent to an activating group) is 1. The number of rotatable bonds is 4. The van der Waals surface area contributed by atoms with Crippen LogP contribution in [0.2, 0.25) is 0 Å². The fraction of sp³-hybridized carbons (Fsp3) is 0.611. The molecule has 126 valence electrons. The van der Waals surface area contributed by atoms with Gasteiger partial charge < -0.3 is 14.4 Å². The van der Waals surface area contributed by atoms with Crippen molar-refractivity contribution in [1.82, 2.24) is 9.80 Å². The number of benzene rings is 1. The van der Waals surface area contributed by atoms with Crippen LogP contribution in [0, 0.1) is 0 Å². The first kappa shape index (κ1) is 16.3. The molecule has 0 saturated carbocycles. The van der Waals surface area contributed by atoms with E-state index in [1.807, 2.05) is 30.3 Å². The number of hydrogen-bond donors (Lipinski definition) is 0. The first-order valence-electron chi connectivity index (χ1n) is 8.34. The summed E-state index contributed by atoms with van der Waals surface area (Å²) >= 11 is 0. The fourth-order valence-electron chi connectivity index (χ4n) is 3.37. The largest absolute Gasteiger partial charge is 0.488 e. The normalized spacial score (nSPS) is 23.8. The van der Waals surface area contributed by atoms with Crippen molar-refractivity contribution in [3.63, 3.8) is 0 Å². The first-order chi connectivity index (χ1) is 11.1. The molecule has 0 unspecified atom stereocenters. The molecule has 5 heteroatoms. The van der Waals surface area contributed by atoms with Gasteiger partial charge >= 0.3 is 0 Å². The highest BCUT2D eigenvalue weighted by Gasteiger charge is 2.43. The molecule has 1 aromatic rings. The monoisotopic (exact) mass is 318 g/mol. The van der Waals surface area contributed by atoms with Gasteiger partial charge in [-0.2, -0.15) is 0 Å². The molecule has 0 aromatic heterocycles. The Morgan fingerprint density at radius 2 is 2.00 bits per heavy atom. The number of hydrogen-bond acceptors (Lipinski definition) is 4. The van der Waals surface area contributed by atoms with Crippen LogP contribution in [0.5, 0.6) is 5.75 Å². The van der Waals surface area contributed by atoms with E-state index in [9.17, 15) is 4.79 Å². The minimum Gasteiger partial charge on any atom is -0.488 e. The Morgan fingerprint density at radius 1 is 1.30 bits per heavy atom. The molecule has 2 aliphatic heterocycles. The van der Waals surface area contributed by atoms with Crippen molar-refractivity contribution >= 4 is 5.91 Å². The zero-order valence-electron chi connectivity index (χ0n) is 14.0. The highest BCUT2D eigenvalue weighted by molar-refractivity contribution is 5.77. The van der Waals surface area contributed by atoms with Crippen molar-refractivity contribution < 1.29 is 14.3 Å². The highest BCUT2D eigenvalue weighted by Crippen LogP contribution is 2.37. The molecule has 1 amide bonds. The molecule has 1 spiro atoms. The van der Waals surface area contributed by atoms with Crippen molar-refractivity contribution in [2.75, 3.05) is 40.3 Å². The number of amides is 1. The topological polar surface area (TPSA) is 42.0 Å². The lowest BCUT2D eigenvalue weighted by Gasteiger charge is -2.38.